The van der Waals surface area contributed by atoms with Gasteiger partial charge in [0.1, 0.15) is 0 Å². The zero-order chi connectivity index (χ0) is 66.0. The number of hydrogen-bond acceptors (Lipinski definition) is 8. The van der Waals surface area contributed by atoms with Gasteiger partial charge in [-0.25, -0.2) is 29.9 Å². The van der Waals surface area contributed by atoms with Crippen molar-refractivity contribution in [3.63, 3.8) is 0 Å². The molecule has 8 aromatic heterocycles. The van der Waals surface area contributed by atoms with E-state index in [2.05, 4.69) is 283 Å². The van der Waals surface area contributed by atoms with E-state index in [0.29, 0.717) is 0 Å². The lowest BCUT2D eigenvalue weighted by Crippen LogP contribution is -1.91. The highest BCUT2D eigenvalue weighted by Crippen LogP contribution is 2.39. The zero-order valence-electron chi connectivity index (χ0n) is 53.9. The van der Waals surface area contributed by atoms with Crippen molar-refractivity contribution in [1.82, 2.24) is 39.9 Å². The standard InChI is InChI=1S/C51H31N5.C41H25N3/c1-2-7-32(8-3-1)44-25-21-35-15-16-36-22-26-46(56-51(36)50(35)55-44)40-11-6-10-37(27-40)38-17-13-33-19-23-45(53-48(33)29-38)41-18-14-34-20-24-47(54-49(34)30-41)42-28-39-9-4-5-12-43(39)52-31-42;1-3-9-33-28(7-1)22-36(35-11-5-4-10-34(33)35)29-15-13-26-17-19-38(43-40(26)23-29)31-16-14-27-18-20-39(44-41(27)24-31)32-21-30-8-2-6-12-37(30)42-25-32/h1-31H;1-25H. The van der Waals surface area contributed by atoms with Crippen LogP contribution in [-0.4, -0.2) is 39.9 Å². The molecule has 0 aliphatic rings. The average molecular weight is 1270 g/mol. The van der Waals surface area contributed by atoms with Crippen LogP contribution in [0.1, 0.15) is 0 Å². The van der Waals surface area contributed by atoms with E-state index in [1.165, 1.54) is 27.1 Å². The maximum atomic E-state index is 5.21. The van der Waals surface area contributed by atoms with Crippen LogP contribution >= 0.6 is 0 Å². The first-order chi connectivity index (χ1) is 49.4. The second-order valence-corrected chi connectivity index (χ2v) is 25.5. The molecule has 0 amide bonds. The third kappa shape index (κ3) is 10.8. The van der Waals surface area contributed by atoms with Crippen molar-refractivity contribution in [2.24, 2.45) is 0 Å². The van der Waals surface area contributed by atoms with Crippen molar-refractivity contribution < 1.29 is 0 Å². The number of nitrogens with zero attached hydrogens (tertiary/aromatic N) is 8. The molecule has 0 saturated heterocycles. The quantitative estimate of drug-likeness (QED) is 0.139. The molecule has 0 unspecified atom stereocenters. The van der Waals surface area contributed by atoms with Gasteiger partial charge in [-0.3, -0.25) is 9.97 Å². The fourth-order valence-corrected chi connectivity index (χ4v) is 14.0. The Morgan fingerprint density at radius 3 is 1.06 bits per heavy atom. The first-order valence-corrected chi connectivity index (χ1v) is 33.6. The molecule has 0 N–H and O–H groups in total. The van der Waals surface area contributed by atoms with Crippen molar-refractivity contribution in [2.75, 3.05) is 0 Å². The van der Waals surface area contributed by atoms with Crippen LogP contribution in [-0.2, 0) is 0 Å². The van der Waals surface area contributed by atoms with Crippen molar-refractivity contribution in [3.05, 3.63) is 340 Å². The Morgan fingerprint density at radius 1 is 0.160 bits per heavy atom. The lowest BCUT2D eigenvalue weighted by atomic mass is 9.93. The Kier molecular flexibility index (Phi) is 14.0. The number of para-hydroxylation sites is 2. The molecule has 20 rings (SSSR count). The molecule has 20 aromatic rings. The topological polar surface area (TPSA) is 103 Å². The van der Waals surface area contributed by atoms with E-state index in [-0.39, 0.29) is 0 Å². The van der Waals surface area contributed by atoms with Crippen LogP contribution in [0.4, 0.5) is 0 Å². The van der Waals surface area contributed by atoms with Gasteiger partial charge in [-0.05, 0) is 141 Å². The van der Waals surface area contributed by atoms with Crippen molar-refractivity contribution in [2.45, 2.75) is 0 Å². The Bertz CT molecular complexity index is 6690. The predicted octanol–water partition coefficient (Wildman–Crippen LogP) is 23.4. The highest BCUT2D eigenvalue weighted by Gasteiger charge is 2.16. The molecular weight excluding hydrogens is 1220 g/mol. The summed E-state index contributed by atoms with van der Waals surface area (Å²) in [7, 11) is 0. The molecule has 0 radical (unpaired) electrons. The van der Waals surface area contributed by atoms with Crippen LogP contribution in [0.5, 0.6) is 0 Å². The normalized spacial score (nSPS) is 11.6. The van der Waals surface area contributed by atoms with Gasteiger partial charge in [0.05, 0.1) is 78.3 Å². The fraction of sp³-hybridized carbons (Fsp3) is 0. The summed E-state index contributed by atoms with van der Waals surface area (Å²) in [5, 5.41) is 13.8. The summed E-state index contributed by atoms with van der Waals surface area (Å²) in [6.07, 6.45) is 3.80. The number of rotatable bonds is 8. The van der Waals surface area contributed by atoms with Crippen LogP contribution in [0.3, 0.4) is 0 Å². The maximum absolute atomic E-state index is 5.21. The Morgan fingerprint density at radius 2 is 0.510 bits per heavy atom. The Labute approximate surface area is 575 Å². The van der Waals surface area contributed by atoms with Gasteiger partial charge >= 0.3 is 0 Å². The van der Waals surface area contributed by atoms with Crippen LogP contribution in [0.25, 0.3) is 199 Å². The first-order valence-electron chi connectivity index (χ1n) is 33.6. The minimum Gasteiger partial charge on any atom is -0.256 e. The fourth-order valence-electron chi connectivity index (χ4n) is 14.0. The van der Waals surface area contributed by atoms with Gasteiger partial charge in [0.25, 0.3) is 0 Å². The highest BCUT2D eigenvalue weighted by atomic mass is 14.8. The summed E-state index contributed by atoms with van der Waals surface area (Å²) in [6.45, 7) is 0. The number of benzene rings is 12. The molecule has 0 aliphatic heterocycles. The summed E-state index contributed by atoms with van der Waals surface area (Å²) in [6, 6.07) is 115. The van der Waals surface area contributed by atoms with Crippen LogP contribution in [0.15, 0.2) is 340 Å². The molecule has 0 fully saturated rings. The van der Waals surface area contributed by atoms with Crippen LogP contribution in [0.2, 0.25) is 0 Å². The summed E-state index contributed by atoms with van der Waals surface area (Å²) < 4.78 is 0. The van der Waals surface area contributed by atoms with Gasteiger partial charge in [0.15, 0.2) is 0 Å². The molecule has 0 spiro atoms. The van der Waals surface area contributed by atoms with Gasteiger partial charge in [-0.2, -0.15) is 0 Å². The smallest absolute Gasteiger partial charge is 0.0972 e. The Hall–Kier alpha value is -13.6. The number of fused-ring (bicyclic) bond motifs is 12. The minimum atomic E-state index is 0.896. The van der Waals surface area contributed by atoms with Crippen molar-refractivity contribution in [1.29, 1.82) is 0 Å². The van der Waals surface area contributed by atoms with Crippen molar-refractivity contribution in [3.8, 4) is 89.8 Å². The van der Waals surface area contributed by atoms with E-state index in [1.807, 2.05) is 67.0 Å². The summed E-state index contributed by atoms with van der Waals surface area (Å²) in [4.78, 5) is 40.0. The molecule has 12 aromatic carbocycles. The third-order valence-electron chi connectivity index (χ3n) is 19.3. The second-order valence-electron chi connectivity index (χ2n) is 25.5. The molecule has 464 valence electrons. The lowest BCUT2D eigenvalue weighted by molar-refractivity contribution is 1.35. The molecule has 8 nitrogen and oxygen atoms in total. The highest BCUT2D eigenvalue weighted by molar-refractivity contribution is 6.14. The number of aromatic nitrogens is 8. The molecule has 0 aliphatic carbocycles. The van der Waals surface area contributed by atoms with Gasteiger partial charge in [-0.1, -0.05) is 231 Å². The largest absolute Gasteiger partial charge is 0.256 e. The van der Waals surface area contributed by atoms with Crippen molar-refractivity contribution >= 4 is 109 Å². The summed E-state index contributed by atoms with van der Waals surface area (Å²) in [5.74, 6) is 0. The number of hydrogen-bond donors (Lipinski definition) is 0. The third-order valence-corrected chi connectivity index (χ3v) is 19.3. The molecule has 0 atom stereocenters. The predicted molar refractivity (Wildman–Crippen MR) is 414 cm³/mol. The summed E-state index contributed by atoms with van der Waals surface area (Å²) in [5.41, 5.74) is 23.8. The minimum absolute atomic E-state index is 0.896. The average Bonchev–Trinajstić information content (AvgIpc) is 0.763. The van der Waals surface area contributed by atoms with E-state index in [1.54, 1.807) is 0 Å². The van der Waals surface area contributed by atoms with Crippen LogP contribution in [0, 0.1) is 0 Å². The Balaban J connectivity index is 0.000000143. The number of pyridine rings is 8. The molecule has 0 saturated carbocycles. The van der Waals surface area contributed by atoms with E-state index < -0.39 is 0 Å². The van der Waals surface area contributed by atoms with E-state index in [0.717, 1.165) is 171 Å². The molecule has 0 bridgehead atoms. The molecule has 8 heterocycles. The van der Waals surface area contributed by atoms with Gasteiger partial charge in [0.2, 0.25) is 0 Å². The van der Waals surface area contributed by atoms with Gasteiger partial charge in [-0.15, -0.1) is 0 Å². The van der Waals surface area contributed by atoms with Crippen LogP contribution < -0.4 is 0 Å². The van der Waals surface area contributed by atoms with E-state index >= 15 is 0 Å². The summed E-state index contributed by atoms with van der Waals surface area (Å²) >= 11 is 0. The SMILES string of the molecule is c1ccc(-c2ccc3ccc4ccc(-c5cccc(-c6ccc7ccc(-c8ccc9ccc(-c%10cnc%11ccccc%11c%10)nc9c8)nc7c6)c5)nc4c3n2)cc1.c1ccc2ncc(-c3ccc4ccc(-c5ccc6ccc(-c7cc8ccccc8c8ccccc78)cc6n5)cc4n3)cc2c1. The first kappa shape index (κ1) is 57.9. The zero-order valence-corrected chi connectivity index (χ0v) is 53.9. The van der Waals surface area contributed by atoms with E-state index in [9.17, 15) is 0 Å². The van der Waals surface area contributed by atoms with E-state index in [4.69, 9.17) is 29.9 Å². The second kappa shape index (κ2) is 24.3. The van der Waals surface area contributed by atoms with Gasteiger partial charge < -0.3 is 0 Å². The monoisotopic (exact) mass is 1270 g/mol. The molecule has 8 heteroatoms. The lowest BCUT2D eigenvalue weighted by Gasteiger charge is -2.12. The van der Waals surface area contributed by atoms with Gasteiger partial charge in [0, 0.05) is 88.9 Å². The molecule has 100 heavy (non-hydrogen) atoms. The molecular formula is C92H56N8. The maximum Gasteiger partial charge on any atom is 0.0972 e.